The number of nitrogens with one attached hydrogen (secondary N) is 1. The summed E-state index contributed by atoms with van der Waals surface area (Å²) < 4.78 is 0. The highest BCUT2D eigenvalue weighted by molar-refractivity contribution is 6.30. The number of likely N-dealkylation sites (tertiary alicyclic amines) is 1. The Morgan fingerprint density at radius 1 is 1.25 bits per heavy atom. The Balaban J connectivity index is 1.78. The maximum absolute atomic E-state index is 12.6. The van der Waals surface area contributed by atoms with Gasteiger partial charge in [0.1, 0.15) is 0 Å². The minimum absolute atomic E-state index is 0.111. The maximum Gasteiger partial charge on any atom is 0.259 e. The number of aromatic nitrogens is 2. The van der Waals surface area contributed by atoms with Crippen molar-refractivity contribution in [2.24, 2.45) is 0 Å². The first kappa shape index (κ1) is 20.3. The monoisotopic (exact) mass is 400 g/mol. The van der Waals surface area contributed by atoms with E-state index in [1.54, 1.807) is 37.4 Å². The van der Waals surface area contributed by atoms with Gasteiger partial charge < -0.3 is 10.2 Å². The van der Waals surface area contributed by atoms with Crippen LogP contribution in [0.1, 0.15) is 66.9 Å². The summed E-state index contributed by atoms with van der Waals surface area (Å²) in [4.78, 5) is 36.0. The SMILES string of the molecule is CCCC(=O)N1CCCCC1c1ncc(C(=O)Nc2ccc(Cl)cc2)c(C)n1. The Bertz CT molecular complexity index is 854. The molecule has 1 aliphatic heterocycles. The highest BCUT2D eigenvalue weighted by atomic mass is 35.5. The molecule has 28 heavy (non-hydrogen) atoms. The molecule has 2 amide bonds. The lowest BCUT2D eigenvalue weighted by Gasteiger charge is -2.35. The molecule has 0 bridgehead atoms. The minimum atomic E-state index is -0.270. The molecule has 0 spiro atoms. The molecular formula is C21H25ClN4O2. The summed E-state index contributed by atoms with van der Waals surface area (Å²) in [6.45, 7) is 4.54. The zero-order chi connectivity index (χ0) is 20.1. The Hall–Kier alpha value is -2.47. The number of carbonyl (C=O) groups excluding carboxylic acids is 2. The molecule has 0 aliphatic carbocycles. The Morgan fingerprint density at radius 2 is 2.00 bits per heavy atom. The average molecular weight is 401 g/mol. The van der Waals surface area contributed by atoms with Crippen LogP contribution < -0.4 is 5.32 Å². The lowest BCUT2D eigenvalue weighted by molar-refractivity contribution is -0.135. The molecule has 1 saturated heterocycles. The second-order valence-corrected chi connectivity index (χ2v) is 7.47. The molecule has 2 heterocycles. The fourth-order valence-corrected chi connectivity index (χ4v) is 3.58. The quantitative estimate of drug-likeness (QED) is 0.799. The van der Waals surface area contributed by atoms with Crippen molar-refractivity contribution >= 4 is 29.1 Å². The van der Waals surface area contributed by atoms with Gasteiger partial charge in [-0.2, -0.15) is 0 Å². The predicted octanol–water partition coefficient (Wildman–Crippen LogP) is 4.54. The number of nitrogens with zero attached hydrogens (tertiary/aromatic N) is 3. The van der Waals surface area contributed by atoms with E-state index in [0.29, 0.717) is 34.2 Å². The largest absolute Gasteiger partial charge is 0.332 e. The standard InChI is InChI=1S/C21H25ClN4O2/c1-3-6-19(27)26-12-5-4-7-18(26)20-23-13-17(14(2)24-20)21(28)25-16-10-8-15(22)9-11-16/h8-11,13,18H,3-7,12H2,1-2H3,(H,25,28). The van der Waals surface area contributed by atoms with Crippen LogP contribution in [0.3, 0.4) is 0 Å². The smallest absolute Gasteiger partial charge is 0.259 e. The van der Waals surface area contributed by atoms with Gasteiger partial charge in [0.2, 0.25) is 5.91 Å². The van der Waals surface area contributed by atoms with Gasteiger partial charge in [-0.1, -0.05) is 18.5 Å². The maximum atomic E-state index is 12.6. The molecule has 1 unspecified atom stereocenters. The van der Waals surface area contributed by atoms with Crippen molar-refractivity contribution in [2.75, 3.05) is 11.9 Å². The number of piperidine rings is 1. The van der Waals surface area contributed by atoms with Crippen molar-refractivity contribution in [3.8, 4) is 0 Å². The van der Waals surface area contributed by atoms with Gasteiger partial charge in [0.05, 0.1) is 17.3 Å². The number of anilines is 1. The van der Waals surface area contributed by atoms with E-state index in [9.17, 15) is 9.59 Å². The van der Waals surface area contributed by atoms with Crippen LogP contribution in [0.15, 0.2) is 30.5 Å². The van der Waals surface area contributed by atoms with Crippen molar-refractivity contribution in [3.05, 3.63) is 52.6 Å². The number of rotatable bonds is 5. The van der Waals surface area contributed by atoms with Gasteiger partial charge in [-0.3, -0.25) is 9.59 Å². The lowest BCUT2D eigenvalue weighted by atomic mass is 10.0. The number of amides is 2. The molecule has 0 saturated carbocycles. The minimum Gasteiger partial charge on any atom is -0.332 e. The number of benzene rings is 1. The fraction of sp³-hybridized carbons (Fsp3) is 0.429. The van der Waals surface area contributed by atoms with E-state index in [2.05, 4.69) is 15.3 Å². The first-order valence-corrected chi connectivity index (χ1v) is 10.1. The summed E-state index contributed by atoms with van der Waals surface area (Å²) >= 11 is 5.87. The van der Waals surface area contributed by atoms with Gasteiger partial charge in [0.25, 0.3) is 5.91 Å². The van der Waals surface area contributed by atoms with Crippen LogP contribution in [0, 0.1) is 6.92 Å². The normalized spacial score (nSPS) is 16.7. The third kappa shape index (κ3) is 4.68. The van der Waals surface area contributed by atoms with Gasteiger partial charge in [-0.05, 0) is 56.9 Å². The van der Waals surface area contributed by atoms with Gasteiger partial charge in [0, 0.05) is 29.9 Å². The van der Waals surface area contributed by atoms with Crippen molar-refractivity contribution < 1.29 is 9.59 Å². The van der Waals surface area contributed by atoms with Crippen LogP contribution >= 0.6 is 11.6 Å². The molecule has 1 atom stereocenters. The molecule has 148 valence electrons. The van der Waals surface area contributed by atoms with Crippen LogP contribution in [0.2, 0.25) is 5.02 Å². The third-order valence-electron chi connectivity index (χ3n) is 4.93. The molecule has 3 rings (SSSR count). The number of halogens is 1. The molecule has 2 aromatic rings. The number of carbonyl (C=O) groups is 2. The van der Waals surface area contributed by atoms with E-state index in [-0.39, 0.29) is 17.9 Å². The zero-order valence-electron chi connectivity index (χ0n) is 16.2. The van der Waals surface area contributed by atoms with E-state index in [0.717, 1.165) is 32.2 Å². The van der Waals surface area contributed by atoms with Crippen molar-refractivity contribution in [3.63, 3.8) is 0 Å². The van der Waals surface area contributed by atoms with E-state index in [1.807, 2.05) is 11.8 Å². The summed E-state index contributed by atoms with van der Waals surface area (Å²) in [5.74, 6) is 0.497. The van der Waals surface area contributed by atoms with E-state index < -0.39 is 0 Å². The summed E-state index contributed by atoms with van der Waals surface area (Å²) in [6, 6.07) is 6.80. The third-order valence-corrected chi connectivity index (χ3v) is 5.18. The summed E-state index contributed by atoms with van der Waals surface area (Å²) in [5, 5.41) is 3.43. The number of hydrogen-bond donors (Lipinski definition) is 1. The van der Waals surface area contributed by atoms with E-state index in [4.69, 9.17) is 11.6 Å². The summed E-state index contributed by atoms with van der Waals surface area (Å²) in [6.07, 6.45) is 5.82. The predicted molar refractivity (Wildman–Crippen MR) is 109 cm³/mol. The topological polar surface area (TPSA) is 75.2 Å². The second-order valence-electron chi connectivity index (χ2n) is 7.04. The van der Waals surface area contributed by atoms with Crippen LogP contribution in [0.25, 0.3) is 0 Å². The van der Waals surface area contributed by atoms with Crippen LogP contribution in [-0.4, -0.2) is 33.2 Å². The molecule has 1 aromatic heterocycles. The fourth-order valence-electron chi connectivity index (χ4n) is 3.46. The van der Waals surface area contributed by atoms with E-state index in [1.165, 1.54) is 0 Å². The zero-order valence-corrected chi connectivity index (χ0v) is 17.0. The molecule has 0 radical (unpaired) electrons. The molecular weight excluding hydrogens is 376 g/mol. The number of hydrogen-bond acceptors (Lipinski definition) is 4. The van der Waals surface area contributed by atoms with Crippen LogP contribution in [-0.2, 0) is 4.79 Å². The Morgan fingerprint density at radius 3 is 2.68 bits per heavy atom. The van der Waals surface area contributed by atoms with Crippen molar-refractivity contribution in [1.82, 2.24) is 14.9 Å². The molecule has 6 nitrogen and oxygen atoms in total. The first-order chi connectivity index (χ1) is 13.5. The average Bonchev–Trinajstić information content (AvgIpc) is 2.69. The molecule has 7 heteroatoms. The van der Waals surface area contributed by atoms with Gasteiger partial charge in [0.15, 0.2) is 5.82 Å². The Labute approximate surface area is 170 Å². The van der Waals surface area contributed by atoms with Gasteiger partial charge >= 0.3 is 0 Å². The van der Waals surface area contributed by atoms with Crippen molar-refractivity contribution in [2.45, 2.75) is 52.0 Å². The van der Waals surface area contributed by atoms with Gasteiger partial charge in [-0.15, -0.1) is 0 Å². The first-order valence-electron chi connectivity index (χ1n) is 9.69. The molecule has 1 aliphatic rings. The highest BCUT2D eigenvalue weighted by Gasteiger charge is 2.30. The summed E-state index contributed by atoms with van der Waals surface area (Å²) in [7, 11) is 0. The van der Waals surface area contributed by atoms with Crippen LogP contribution in [0.5, 0.6) is 0 Å². The Kier molecular flexibility index (Phi) is 6.62. The highest BCUT2D eigenvalue weighted by Crippen LogP contribution is 2.30. The number of aryl methyl sites for hydroxylation is 1. The molecule has 1 fully saturated rings. The molecule has 1 N–H and O–H groups in total. The second kappa shape index (κ2) is 9.15. The molecule has 1 aromatic carbocycles. The lowest BCUT2D eigenvalue weighted by Crippen LogP contribution is -2.39. The van der Waals surface area contributed by atoms with Gasteiger partial charge in [-0.25, -0.2) is 9.97 Å². The van der Waals surface area contributed by atoms with E-state index >= 15 is 0 Å². The van der Waals surface area contributed by atoms with Crippen molar-refractivity contribution in [1.29, 1.82) is 0 Å². The van der Waals surface area contributed by atoms with Crippen LogP contribution in [0.4, 0.5) is 5.69 Å². The summed E-state index contributed by atoms with van der Waals surface area (Å²) in [5.41, 5.74) is 1.67.